The van der Waals surface area contributed by atoms with E-state index in [4.69, 9.17) is 28.4 Å². The second kappa shape index (κ2) is 30.2. The SMILES string of the molecule is CCCCOc1ccc(C#CC#Cc2ccc(OC(=O)c3cc(C(=O)Oc4ccc(C#CC#Cc5ccc(OCCCC)cc5)cc4)cc(C(=O)Oc4ccc(C#CC#Cc5ccc(OCCCC)cc5)cc4)c3)cc2)cc1. The second-order valence-electron chi connectivity index (χ2n) is 17.2. The van der Waals surface area contributed by atoms with Gasteiger partial charge in [-0.15, -0.1) is 0 Å². The van der Waals surface area contributed by atoms with E-state index in [1.54, 1.807) is 72.8 Å². The first kappa shape index (κ1) is 55.5. The number of unbranched alkanes of at least 4 members (excludes halogenated alkanes) is 3. The lowest BCUT2D eigenvalue weighted by atomic mass is 10.1. The van der Waals surface area contributed by atoms with Gasteiger partial charge in [0.25, 0.3) is 0 Å². The van der Waals surface area contributed by atoms with Crippen LogP contribution >= 0.6 is 0 Å². The van der Waals surface area contributed by atoms with Gasteiger partial charge in [-0.3, -0.25) is 0 Å². The largest absolute Gasteiger partial charge is 0.494 e. The molecular weight excluding hydrogens is 973 g/mol. The Kier molecular flexibility index (Phi) is 21.5. The van der Waals surface area contributed by atoms with Gasteiger partial charge >= 0.3 is 17.9 Å². The lowest BCUT2D eigenvalue weighted by Crippen LogP contribution is -2.16. The molecule has 0 aliphatic carbocycles. The van der Waals surface area contributed by atoms with Crippen molar-refractivity contribution in [3.63, 3.8) is 0 Å². The minimum Gasteiger partial charge on any atom is -0.494 e. The van der Waals surface area contributed by atoms with E-state index >= 15 is 0 Å². The van der Waals surface area contributed by atoms with E-state index in [-0.39, 0.29) is 33.9 Å². The monoisotopic (exact) mass is 1030 g/mol. The predicted molar refractivity (Wildman–Crippen MR) is 302 cm³/mol. The van der Waals surface area contributed by atoms with E-state index in [0.29, 0.717) is 36.5 Å². The molecule has 0 radical (unpaired) electrons. The Labute approximate surface area is 457 Å². The molecule has 7 rings (SSSR count). The van der Waals surface area contributed by atoms with Crippen molar-refractivity contribution in [3.05, 3.63) is 214 Å². The number of carbonyl (C=O) groups is 3. The number of esters is 3. The van der Waals surface area contributed by atoms with E-state index in [1.807, 2.05) is 72.8 Å². The van der Waals surface area contributed by atoms with Crippen LogP contribution in [0.1, 0.15) is 124 Å². The molecule has 0 spiro atoms. The second-order valence-corrected chi connectivity index (χ2v) is 17.2. The zero-order chi connectivity index (χ0) is 54.6. The third-order valence-corrected chi connectivity index (χ3v) is 11.1. The summed E-state index contributed by atoms with van der Waals surface area (Å²) in [4.78, 5) is 41.2. The first-order valence-electron chi connectivity index (χ1n) is 25.6. The van der Waals surface area contributed by atoms with Crippen molar-refractivity contribution in [3.8, 4) is 106 Å². The highest BCUT2D eigenvalue weighted by Gasteiger charge is 2.21. The van der Waals surface area contributed by atoms with Crippen molar-refractivity contribution < 1.29 is 42.8 Å². The van der Waals surface area contributed by atoms with Crippen LogP contribution in [0.3, 0.4) is 0 Å². The van der Waals surface area contributed by atoms with Crippen LogP contribution in [0.4, 0.5) is 0 Å². The van der Waals surface area contributed by atoms with Gasteiger partial charge in [0.2, 0.25) is 0 Å². The quantitative estimate of drug-likeness (QED) is 0.0359. The molecule has 0 saturated carbocycles. The van der Waals surface area contributed by atoms with Crippen LogP contribution in [-0.4, -0.2) is 37.7 Å². The summed E-state index contributed by atoms with van der Waals surface area (Å²) in [6, 6.07) is 46.0. The fraction of sp³-hybridized carbons (Fsp3) is 0.174. The van der Waals surface area contributed by atoms with E-state index in [0.717, 1.165) is 72.5 Å². The zero-order valence-corrected chi connectivity index (χ0v) is 43.6. The molecule has 0 heterocycles. The third-order valence-electron chi connectivity index (χ3n) is 11.1. The summed E-state index contributed by atoms with van der Waals surface area (Å²) in [5.74, 6) is 35.6. The molecule has 7 aromatic rings. The fourth-order valence-corrected chi connectivity index (χ4v) is 6.83. The van der Waals surface area contributed by atoms with Gasteiger partial charge < -0.3 is 28.4 Å². The highest BCUT2D eigenvalue weighted by Crippen LogP contribution is 2.22. The molecule has 78 heavy (non-hydrogen) atoms. The summed E-state index contributed by atoms with van der Waals surface area (Å²) in [5, 5.41) is 0. The summed E-state index contributed by atoms with van der Waals surface area (Å²) in [5.41, 5.74) is 3.99. The molecule has 0 unspecified atom stereocenters. The first-order chi connectivity index (χ1) is 38.2. The predicted octanol–water partition coefficient (Wildman–Crippen LogP) is 13.1. The summed E-state index contributed by atoms with van der Waals surface area (Å²) in [7, 11) is 0. The number of benzene rings is 7. The molecule has 9 nitrogen and oxygen atoms in total. The molecule has 0 saturated heterocycles. The van der Waals surface area contributed by atoms with Crippen LogP contribution in [0.15, 0.2) is 164 Å². The molecule has 9 heteroatoms. The van der Waals surface area contributed by atoms with Crippen molar-refractivity contribution in [2.45, 2.75) is 59.3 Å². The van der Waals surface area contributed by atoms with E-state index in [1.165, 1.54) is 18.2 Å². The number of hydrogen-bond acceptors (Lipinski definition) is 9. The van der Waals surface area contributed by atoms with Gasteiger partial charge in [-0.2, -0.15) is 0 Å². The highest BCUT2D eigenvalue weighted by atomic mass is 16.5. The number of ether oxygens (including phenoxy) is 6. The average molecular weight is 1030 g/mol. The Balaban J connectivity index is 1.02. The first-order valence-corrected chi connectivity index (χ1v) is 25.6. The topological polar surface area (TPSA) is 107 Å². The van der Waals surface area contributed by atoms with Gasteiger partial charge in [0.1, 0.15) is 34.5 Å². The van der Waals surface area contributed by atoms with Crippen molar-refractivity contribution in [2.24, 2.45) is 0 Å². The minimum absolute atomic E-state index is 0.109. The highest BCUT2D eigenvalue weighted by molar-refractivity contribution is 6.02. The number of hydrogen-bond donors (Lipinski definition) is 0. The van der Waals surface area contributed by atoms with Gasteiger partial charge in [-0.1, -0.05) is 75.6 Å². The molecule has 0 N–H and O–H groups in total. The van der Waals surface area contributed by atoms with Gasteiger partial charge in [-0.25, -0.2) is 14.4 Å². The molecule has 0 fully saturated rings. The van der Waals surface area contributed by atoms with E-state index in [9.17, 15) is 14.4 Å². The summed E-state index contributed by atoms with van der Waals surface area (Å²) in [6.07, 6.45) is 6.17. The van der Waals surface area contributed by atoms with Gasteiger partial charge in [0, 0.05) is 33.4 Å². The summed E-state index contributed by atoms with van der Waals surface area (Å²) < 4.78 is 34.2. The van der Waals surface area contributed by atoms with Crippen molar-refractivity contribution in [2.75, 3.05) is 19.8 Å². The molecule has 0 bridgehead atoms. The molecule has 0 aliphatic heterocycles. The summed E-state index contributed by atoms with van der Waals surface area (Å²) >= 11 is 0. The van der Waals surface area contributed by atoms with Crippen LogP contribution in [-0.2, 0) is 0 Å². The van der Waals surface area contributed by atoms with Crippen molar-refractivity contribution in [1.82, 2.24) is 0 Å². The maximum atomic E-state index is 13.7. The number of carbonyl (C=O) groups excluding carboxylic acids is 3. The third kappa shape index (κ3) is 18.6. The lowest BCUT2D eigenvalue weighted by Gasteiger charge is -2.10. The lowest BCUT2D eigenvalue weighted by molar-refractivity contribution is 0.0734. The minimum atomic E-state index is -0.843. The van der Waals surface area contributed by atoms with Crippen LogP contribution < -0.4 is 28.4 Å². The van der Waals surface area contributed by atoms with Crippen LogP contribution in [0.5, 0.6) is 34.5 Å². The molecule has 0 aliphatic rings. The maximum Gasteiger partial charge on any atom is 0.343 e. The zero-order valence-electron chi connectivity index (χ0n) is 43.6. The number of rotatable bonds is 18. The smallest absolute Gasteiger partial charge is 0.343 e. The van der Waals surface area contributed by atoms with Gasteiger partial charge in [0.05, 0.1) is 36.5 Å². The molecular formula is C69H54O9. The average Bonchev–Trinajstić information content (AvgIpc) is 3.48. The molecule has 384 valence electrons. The Morgan fingerprint density at radius 3 is 0.679 bits per heavy atom. The molecule has 7 aromatic carbocycles. The molecule has 0 amide bonds. The Morgan fingerprint density at radius 2 is 0.487 bits per heavy atom. The normalized spacial score (nSPS) is 9.73. The molecule has 0 atom stereocenters. The fourth-order valence-electron chi connectivity index (χ4n) is 6.83. The Morgan fingerprint density at radius 1 is 0.295 bits per heavy atom. The van der Waals surface area contributed by atoms with Crippen LogP contribution in [0, 0.1) is 71.0 Å². The van der Waals surface area contributed by atoms with E-state index < -0.39 is 17.9 Å². The van der Waals surface area contributed by atoms with Crippen molar-refractivity contribution >= 4 is 17.9 Å². The maximum absolute atomic E-state index is 13.7. The summed E-state index contributed by atoms with van der Waals surface area (Å²) in [6.45, 7) is 8.36. The Hall–Kier alpha value is -10.3. The van der Waals surface area contributed by atoms with Crippen molar-refractivity contribution in [1.29, 1.82) is 0 Å². The van der Waals surface area contributed by atoms with Gasteiger partial charge in [0.15, 0.2) is 0 Å². The van der Waals surface area contributed by atoms with Crippen LogP contribution in [0.2, 0.25) is 0 Å². The van der Waals surface area contributed by atoms with Crippen LogP contribution in [0.25, 0.3) is 0 Å². The Bertz CT molecular complexity index is 3170. The standard InChI is InChI=1S/C69H54O9/c1-4-7-46-73-61-34-22-52(23-35-61)16-10-13-19-55-28-40-64(41-29-55)76-67(70)58-49-59(68(71)77-65-42-30-56(31-43-65)20-14-11-17-53-24-36-62(37-25-53)74-47-8-5-2)51-60(50-58)69(72)78-66-44-32-57(33-45-66)21-15-12-18-54-26-38-63(39-27-54)75-48-9-6-3/h22-45,49-51H,4-9,46-48H2,1-3H3. The van der Waals surface area contributed by atoms with Gasteiger partial charge in [-0.05, 0) is 219 Å². The van der Waals surface area contributed by atoms with E-state index in [2.05, 4.69) is 91.8 Å². The molecule has 0 aromatic heterocycles.